The Morgan fingerprint density at radius 3 is 2.50 bits per heavy atom. The Hall–Kier alpha value is -1.49. The highest BCUT2D eigenvalue weighted by Crippen LogP contribution is 2.19. The molecular formula is C9H10N2O2S. The maximum atomic E-state index is 10.7. The predicted octanol–water partition coefficient (Wildman–Crippen LogP) is 1.83. The van der Waals surface area contributed by atoms with Gasteiger partial charge in [0.05, 0.1) is 10.5 Å². The summed E-state index contributed by atoms with van der Waals surface area (Å²) in [5.74, 6) is 0. The van der Waals surface area contributed by atoms with E-state index in [2.05, 4.69) is 0 Å². The summed E-state index contributed by atoms with van der Waals surface area (Å²) in [6, 6.07) is 6.46. The van der Waals surface area contributed by atoms with Gasteiger partial charge in [0.2, 0.25) is 0 Å². The van der Waals surface area contributed by atoms with Crippen LogP contribution in [0.25, 0.3) is 0 Å². The molecule has 0 saturated heterocycles. The lowest BCUT2D eigenvalue weighted by atomic mass is 10.2. The fraction of sp³-hybridized carbons (Fsp3) is 0.222. The van der Waals surface area contributed by atoms with E-state index in [0.29, 0.717) is 10.6 Å². The van der Waals surface area contributed by atoms with Gasteiger partial charge in [-0.25, -0.2) is 0 Å². The van der Waals surface area contributed by atoms with E-state index < -0.39 is 4.92 Å². The van der Waals surface area contributed by atoms with E-state index in [4.69, 9.17) is 12.2 Å². The third kappa shape index (κ3) is 2.05. The quantitative estimate of drug-likeness (QED) is 0.424. The Morgan fingerprint density at radius 1 is 1.43 bits per heavy atom. The summed E-state index contributed by atoms with van der Waals surface area (Å²) in [7, 11) is 3.53. The highest BCUT2D eigenvalue weighted by atomic mass is 32.1. The third-order valence-corrected chi connectivity index (χ3v) is 2.32. The average molecular weight is 210 g/mol. The van der Waals surface area contributed by atoms with Crippen LogP contribution in [0.1, 0.15) is 5.56 Å². The lowest BCUT2D eigenvalue weighted by molar-refractivity contribution is -0.385. The van der Waals surface area contributed by atoms with Crippen LogP contribution in [0.15, 0.2) is 24.3 Å². The molecule has 14 heavy (non-hydrogen) atoms. The highest BCUT2D eigenvalue weighted by Gasteiger charge is 2.16. The molecule has 0 unspecified atom stereocenters. The van der Waals surface area contributed by atoms with Crippen LogP contribution in [0.5, 0.6) is 0 Å². The van der Waals surface area contributed by atoms with Crippen LogP contribution in [-0.2, 0) is 0 Å². The van der Waals surface area contributed by atoms with Gasteiger partial charge in [0, 0.05) is 20.2 Å². The van der Waals surface area contributed by atoms with Crippen LogP contribution in [-0.4, -0.2) is 28.9 Å². The molecule has 0 aliphatic rings. The van der Waals surface area contributed by atoms with Gasteiger partial charge in [-0.05, 0) is 6.07 Å². The van der Waals surface area contributed by atoms with E-state index in [1.165, 1.54) is 6.07 Å². The molecule has 0 spiro atoms. The molecule has 0 radical (unpaired) electrons. The van der Waals surface area contributed by atoms with Crippen molar-refractivity contribution in [2.45, 2.75) is 0 Å². The normalized spacial score (nSPS) is 9.57. The van der Waals surface area contributed by atoms with Gasteiger partial charge >= 0.3 is 0 Å². The van der Waals surface area contributed by atoms with Crippen LogP contribution in [0, 0.1) is 10.1 Å². The predicted molar refractivity (Wildman–Crippen MR) is 58.5 cm³/mol. The molecule has 0 amide bonds. The second-order valence-electron chi connectivity index (χ2n) is 2.97. The third-order valence-electron chi connectivity index (χ3n) is 1.74. The minimum absolute atomic E-state index is 0.0474. The number of nitrogens with zero attached hydrogens (tertiary/aromatic N) is 2. The number of para-hydroxylation sites is 1. The van der Waals surface area contributed by atoms with Gasteiger partial charge in [0.1, 0.15) is 4.99 Å². The Kier molecular flexibility index (Phi) is 3.14. The van der Waals surface area contributed by atoms with Crippen LogP contribution in [0.4, 0.5) is 5.69 Å². The van der Waals surface area contributed by atoms with Gasteiger partial charge < -0.3 is 4.90 Å². The van der Waals surface area contributed by atoms with Crippen molar-refractivity contribution in [1.29, 1.82) is 0 Å². The van der Waals surface area contributed by atoms with Crippen LogP contribution < -0.4 is 0 Å². The molecule has 1 rings (SSSR count). The summed E-state index contributed by atoms with van der Waals surface area (Å²) in [5, 5.41) is 10.7. The zero-order valence-electron chi connectivity index (χ0n) is 7.93. The molecule has 0 aliphatic heterocycles. The van der Waals surface area contributed by atoms with Crippen molar-refractivity contribution in [3.05, 3.63) is 39.9 Å². The van der Waals surface area contributed by atoms with Crippen molar-refractivity contribution in [2.24, 2.45) is 0 Å². The largest absolute Gasteiger partial charge is 0.368 e. The minimum Gasteiger partial charge on any atom is -0.368 e. The SMILES string of the molecule is CN(C)C(=S)c1ccccc1[N+](=O)[O-]. The maximum absolute atomic E-state index is 10.7. The molecule has 0 aliphatic carbocycles. The van der Waals surface area contributed by atoms with E-state index in [0.717, 1.165) is 0 Å². The number of benzene rings is 1. The molecule has 0 aromatic heterocycles. The second kappa shape index (κ2) is 4.15. The van der Waals surface area contributed by atoms with Crippen molar-refractivity contribution >= 4 is 22.9 Å². The first-order valence-electron chi connectivity index (χ1n) is 3.99. The molecule has 0 heterocycles. The molecule has 1 aromatic carbocycles. The van der Waals surface area contributed by atoms with Gasteiger partial charge in [-0.2, -0.15) is 0 Å². The fourth-order valence-corrected chi connectivity index (χ4v) is 1.23. The van der Waals surface area contributed by atoms with Crippen molar-refractivity contribution in [3.8, 4) is 0 Å². The van der Waals surface area contributed by atoms with Gasteiger partial charge in [-0.1, -0.05) is 24.4 Å². The molecule has 0 saturated carbocycles. The Balaban J connectivity index is 3.20. The number of hydrogen-bond donors (Lipinski definition) is 0. The number of thiocarbonyl (C=S) groups is 1. The standard InChI is InChI=1S/C9H10N2O2S/c1-10(2)9(14)7-5-3-4-6-8(7)11(12)13/h3-6H,1-2H3. The average Bonchev–Trinajstić information content (AvgIpc) is 2.16. The molecule has 5 heteroatoms. The molecule has 0 N–H and O–H groups in total. The number of hydrogen-bond acceptors (Lipinski definition) is 3. The molecule has 0 fully saturated rings. The van der Waals surface area contributed by atoms with Crippen molar-refractivity contribution in [3.63, 3.8) is 0 Å². The van der Waals surface area contributed by atoms with Crippen molar-refractivity contribution in [1.82, 2.24) is 4.90 Å². The first-order chi connectivity index (χ1) is 6.54. The maximum Gasteiger partial charge on any atom is 0.279 e. The zero-order chi connectivity index (χ0) is 10.7. The molecule has 0 atom stereocenters. The smallest absolute Gasteiger partial charge is 0.279 e. The number of rotatable bonds is 2. The van der Waals surface area contributed by atoms with Gasteiger partial charge in [-0.15, -0.1) is 0 Å². The van der Waals surface area contributed by atoms with Gasteiger partial charge in [0.25, 0.3) is 5.69 Å². The summed E-state index contributed by atoms with van der Waals surface area (Å²) in [6.07, 6.45) is 0. The summed E-state index contributed by atoms with van der Waals surface area (Å²) < 4.78 is 0. The molecule has 74 valence electrons. The van der Waals surface area contributed by atoms with Crippen LogP contribution in [0.3, 0.4) is 0 Å². The van der Waals surface area contributed by atoms with Crippen molar-refractivity contribution in [2.75, 3.05) is 14.1 Å². The van der Waals surface area contributed by atoms with Crippen molar-refractivity contribution < 1.29 is 4.92 Å². The fourth-order valence-electron chi connectivity index (χ4n) is 1.05. The Labute approximate surface area is 87.3 Å². The summed E-state index contributed by atoms with van der Waals surface area (Å²) >= 11 is 5.07. The van der Waals surface area contributed by atoms with Crippen LogP contribution in [0.2, 0.25) is 0 Å². The van der Waals surface area contributed by atoms with Gasteiger partial charge in [-0.3, -0.25) is 10.1 Å². The Morgan fingerprint density at radius 2 is 2.00 bits per heavy atom. The number of nitro benzene ring substituents is 1. The topological polar surface area (TPSA) is 46.4 Å². The van der Waals surface area contributed by atoms with E-state index in [-0.39, 0.29) is 5.69 Å². The van der Waals surface area contributed by atoms with E-state index in [1.54, 1.807) is 37.2 Å². The summed E-state index contributed by atoms with van der Waals surface area (Å²) in [4.78, 5) is 12.4. The monoisotopic (exact) mass is 210 g/mol. The molecule has 0 bridgehead atoms. The highest BCUT2D eigenvalue weighted by molar-refractivity contribution is 7.80. The summed E-state index contributed by atoms with van der Waals surface area (Å²) in [6.45, 7) is 0. The lowest BCUT2D eigenvalue weighted by Crippen LogP contribution is -2.21. The summed E-state index contributed by atoms with van der Waals surface area (Å²) in [5.41, 5.74) is 0.531. The molecule has 1 aromatic rings. The Bertz CT molecular complexity index is 377. The van der Waals surface area contributed by atoms with E-state index in [1.807, 2.05) is 0 Å². The van der Waals surface area contributed by atoms with Gasteiger partial charge in [0.15, 0.2) is 0 Å². The first-order valence-corrected chi connectivity index (χ1v) is 4.40. The minimum atomic E-state index is -0.425. The lowest BCUT2D eigenvalue weighted by Gasteiger charge is -2.13. The molecule has 4 nitrogen and oxygen atoms in total. The number of nitro groups is 1. The van der Waals surface area contributed by atoms with E-state index in [9.17, 15) is 10.1 Å². The van der Waals surface area contributed by atoms with Crippen LogP contribution >= 0.6 is 12.2 Å². The zero-order valence-corrected chi connectivity index (χ0v) is 8.75. The second-order valence-corrected chi connectivity index (χ2v) is 3.36. The van der Waals surface area contributed by atoms with E-state index >= 15 is 0 Å². The molecular weight excluding hydrogens is 200 g/mol. The first kappa shape index (κ1) is 10.6.